The fraction of sp³-hybridized carbons (Fsp3) is 0.351. The first-order valence-corrected chi connectivity index (χ1v) is 15.5. The number of ether oxygens (including phenoxy) is 5. The number of hydrogen-bond acceptors (Lipinski definition) is 9. The van der Waals surface area contributed by atoms with Crippen LogP contribution in [0, 0.1) is 0 Å². The largest absolute Gasteiger partial charge is 0.493 e. The fourth-order valence-electron chi connectivity index (χ4n) is 4.39. The van der Waals surface area contributed by atoms with Crippen molar-refractivity contribution in [2.75, 3.05) is 46.2 Å². The number of carbonyl (C=O) groups is 2. The summed E-state index contributed by atoms with van der Waals surface area (Å²) in [5.74, 6) is 0.665. The molecule has 0 heterocycles. The van der Waals surface area contributed by atoms with Crippen molar-refractivity contribution >= 4 is 11.9 Å². The number of rotatable bonds is 21. The molecule has 246 valence electrons. The number of esters is 2. The number of benzene rings is 3. The molecule has 3 aromatic carbocycles. The molecule has 0 aromatic heterocycles. The molecule has 2 N–H and O–H groups in total. The SMILES string of the molecule is C=C(CO)C(=O)OCCOc1cccc(-c2ccc(-c3cccc(OCCOC(=O)C(=C)CO)c3)c(OCCCCCCC)c2)c1. The monoisotopic (exact) mass is 632 g/mol. The van der Waals surface area contributed by atoms with Gasteiger partial charge in [0.05, 0.1) is 31.0 Å². The zero-order chi connectivity index (χ0) is 33.1. The number of unbranched alkanes of at least 4 members (excludes halogenated alkanes) is 4. The zero-order valence-electron chi connectivity index (χ0n) is 26.5. The topological polar surface area (TPSA) is 121 Å². The van der Waals surface area contributed by atoms with E-state index < -0.39 is 25.2 Å². The summed E-state index contributed by atoms with van der Waals surface area (Å²) in [6.07, 6.45) is 5.62. The standard InChI is InChI=1S/C37H44O9/c1-4-5-6-7-8-17-44-35-24-30(29-11-9-13-32(22-29)42-18-20-45-36(40)27(2)25-38)15-16-34(35)31-12-10-14-33(23-31)43-19-21-46-37(41)28(3)26-39/h9-16,22-24,38-39H,2-8,17-21,25-26H2,1H3. The average molecular weight is 633 g/mol. The van der Waals surface area contributed by atoms with E-state index in [2.05, 4.69) is 20.1 Å². The van der Waals surface area contributed by atoms with Gasteiger partial charge in [0.2, 0.25) is 0 Å². The van der Waals surface area contributed by atoms with Gasteiger partial charge in [-0.05, 0) is 53.4 Å². The van der Waals surface area contributed by atoms with Crippen molar-refractivity contribution in [1.29, 1.82) is 0 Å². The van der Waals surface area contributed by atoms with E-state index in [9.17, 15) is 9.59 Å². The van der Waals surface area contributed by atoms with Crippen LogP contribution in [-0.2, 0) is 19.1 Å². The van der Waals surface area contributed by atoms with Gasteiger partial charge in [-0.15, -0.1) is 0 Å². The molecule has 46 heavy (non-hydrogen) atoms. The molecule has 3 rings (SSSR count). The summed E-state index contributed by atoms with van der Waals surface area (Å²) in [7, 11) is 0. The summed E-state index contributed by atoms with van der Waals surface area (Å²) in [5, 5.41) is 18.0. The van der Waals surface area contributed by atoms with Crippen molar-refractivity contribution in [3.63, 3.8) is 0 Å². The van der Waals surface area contributed by atoms with Gasteiger partial charge in [-0.25, -0.2) is 9.59 Å². The third kappa shape index (κ3) is 11.7. The maximum Gasteiger partial charge on any atom is 0.335 e. The minimum atomic E-state index is -0.653. The number of aliphatic hydroxyl groups is 2. The van der Waals surface area contributed by atoms with Crippen LogP contribution < -0.4 is 14.2 Å². The molecule has 9 heteroatoms. The Hall–Kier alpha value is -4.60. The van der Waals surface area contributed by atoms with Gasteiger partial charge in [0, 0.05) is 5.56 Å². The van der Waals surface area contributed by atoms with Gasteiger partial charge in [0.25, 0.3) is 0 Å². The number of hydrogen-bond donors (Lipinski definition) is 2. The Balaban J connectivity index is 1.74. The fourth-order valence-corrected chi connectivity index (χ4v) is 4.39. The molecule has 3 aromatic rings. The van der Waals surface area contributed by atoms with Gasteiger partial charge in [-0.1, -0.05) is 82.2 Å². The summed E-state index contributed by atoms with van der Waals surface area (Å²) in [4.78, 5) is 23.4. The molecule has 0 aliphatic heterocycles. The van der Waals surface area contributed by atoms with Crippen LogP contribution in [0.15, 0.2) is 91.0 Å². The highest BCUT2D eigenvalue weighted by atomic mass is 16.6. The first-order valence-electron chi connectivity index (χ1n) is 15.5. The Morgan fingerprint density at radius 1 is 0.609 bits per heavy atom. The molecule has 0 atom stereocenters. The predicted octanol–water partition coefficient (Wildman–Crippen LogP) is 6.31. The van der Waals surface area contributed by atoms with E-state index in [1.165, 1.54) is 19.3 Å². The van der Waals surface area contributed by atoms with Gasteiger partial charge in [0.1, 0.15) is 43.7 Å². The second-order valence-corrected chi connectivity index (χ2v) is 10.5. The Morgan fingerprint density at radius 3 is 1.74 bits per heavy atom. The van der Waals surface area contributed by atoms with E-state index in [4.69, 9.17) is 33.9 Å². The molecule has 0 bridgehead atoms. The minimum absolute atomic E-state index is 0.00631. The molecular formula is C37H44O9. The zero-order valence-corrected chi connectivity index (χ0v) is 26.5. The molecule has 0 saturated heterocycles. The summed E-state index contributed by atoms with van der Waals surface area (Å²) in [6, 6.07) is 21.3. The Kier molecular flexibility index (Phi) is 15.4. The van der Waals surface area contributed by atoms with Gasteiger partial charge in [-0.3, -0.25) is 0 Å². The molecule has 0 saturated carbocycles. The lowest BCUT2D eigenvalue weighted by atomic mass is 9.98. The smallest absolute Gasteiger partial charge is 0.335 e. The normalized spacial score (nSPS) is 10.6. The number of carbonyl (C=O) groups excluding carboxylic acids is 2. The van der Waals surface area contributed by atoms with Crippen molar-refractivity contribution < 1.29 is 43.5 Å². The van der Waals surface area contributed by atoms with E-state index in [0.717, 1.165) is 40.8 Å². The molecule has 0 amide bonds. The Morgan fingerprint density at radius 2 is 1.15 bits per heavy atom. The van der Waals surface area contributed by atoms with Crippen molar-refractivity contribution in [2.24, 2.45) is 0 Å². The van der Waals surface area contributed by atoms with Gasteiger partial charge < -0.3 is 33.9 Å². The first-order chi connectivity index (χ1) is 22.4. The third-order valence-electron chi connectivity index (χ3n) is 6.93. The maximum absolute atomic E-state index is 11.7. The van der Waals surface area contributed by atoms with Crippen molar-refractivity contribution in [2.45, 2.75) is 39.0 Å². The molecule has 0 fully saturated rings. The minimum Gasteiger partial charge on any atom is -0.493 e. The van der Waals surface area contributed by atoms with E-state index in [-0.39, 0.29) is 37.6 Å². The van der Waals surface area contributed by atoms with Crippen molar-refractivity contribution in [1.82, 2.24) is 0 Å². The third-order valence-corrected chi connectivity index (χ3v) is 6.93. The van der Waals surface area contributed by atoms with Crippen LogP contribution in [-0.4, -0.2) is 68.4 Å². The van der Waals surface area contributed by atoms with E-state index in [1.54, 1.807) is 0 Å². The quantitative estimate of drug-likeness (QED) is 0.0791. The summed E-state index contributed by atoms with van der Waals surface area (Å²) >= 11 is 0. The molecule has 0 spiro atoms. The van der Waals surface area contributed by atoms with E-state index in [1.807, 2.05) is 66.7 Å². The van der Waals surface area contributed by atoms with Gasteiger partial charge in [0.15, 0.2) is 0 Å². The first kappa shape index (κ1) is 35.9. The van der Waals surface area contributed by atoms with Crippen LogP contribution in [0.4, 0.5) is 0 Å². The molecular weight excluding hydrogens is 588 g/mol. The van der Waals surface area contributed by atoms with Crippen molar-refractivity contribution in [3.05, 3.63) is 91.0 Å². The summed E-state index contributed by atoms with van der Waals surface area (Å²) in [5.41, 5.74) is 3.68. The summed E-state index contributed by atoms with van der Waals surface area (Å²) < 4.78 is 28.1. The van der Waals surface area contributed by atoms with Crippen LogP contribution in [0.1, 0.15) is 39.0 Å². The van der Waals surface area contributed by atoms with Gasteiger partial charge in [-0.2, -0.15) is 0 Å². The number of aliphatic hydroxyl groups excluding tert-OH is 2. The Bertz CT molecular complexity index is 1450. The van der Waals surface area contributed by atoms with Crippen LogP contribution in [0.3, 0.4) is 0 Å². The van der Waals surface area contributed by atoms with Crippen LogP contribution in [0.25, 0.3) is 22.3 Å². The van der Waals surface area contributed by atoms with Crippen molar-refractivity contribution in [3.8, 4) is 39.5 Å². The second kappa shape index (κ2) is 19.7. The molecule has 0 radical (unpaired) electrons. The van der Waals surface area contributed by atoms with Crippen LogP contribution >= 0.6 is 0 Å². The van der Waals surface area contributed by atoms with E-state index in [0.29, 0.717) is 18.1 Å². The average Bonchev–Trinajstić information content (AvgIpc) is 3.09. The maximum atomic E-state index is 11.7. The highest BCUT2D eigenvalue weighted by Gasteiger charge is 2.12. The van der Waals surface area contributed by atoms with E-state index >= 15 is 0 Å². The van der Waals surface area contributed by atoms with Crippen LogP contribution in [0.2, 0.25) is 0 Å². The molecule has 9 nitrogen and oxygen atoms in total. The lowest BCUT2D eigenvalue weighted by Crippen LogP contribution is -2.15. The summed E-state index contributed by atoms with van der Waals surface area (Å²) in [6.45, 7) is 9.13. The second-order valence-electron chi connectivity index (χ2n) is 10.5. The predicted molar refractivity (Wildman–Crippen MR) is 177 cm³/mol. The lowest BCUT2D eigenvalue weighted by Gasteiger charge is -2.15. The lowest BCUT2D eigenvalue weighted by molar-refractivity contribution is -0.141. The van der Waals surface area contributed by atoms with Gasteiger partial charge >= 0.3 is 11.9 Å². The molecule has 0 aliphatic rings. The molecule has 0 unspecified atom stereocenters. The Labute approximate surface area is 271 Å². The van der Waals surface area contributed by atoms with Crippen LogP contribution in [0.5, 0.6) is 17.2 Å². The highest BCUT2D eigenvalue weighted by molar-refractivity contribution is 5.88. The highest BCUT2D eigenvalue weighted by Crippen LogP contribution is 2.36. The molecule has 0 aliphatic carbocycles.